The van der Waals surface area contributed by atoms with Crippen molar-refractivity contribution in [2.75, 3.05) is 13.1 Å². The molecule has 3 heterocycles. The molecule has 4 nitrogen and oxygen atoms in total. The fourth-order valence-corrected chi connectivity index (χ4v) is 2.47. The maximum absolute atomic E-state index is 4.50. The van der Waals surface area contributed by atoms with Crippen LogP contribution in [0.4, 0.5) is 0 Å². The Labute approximate surface area is 107 Å². The van der Waals surface area contributed by atoms with Gasteiger partial charge in [-0.1, -0.05) is 6.07 Å². The van der Waals surface area contributed by atoms with Crippen molar-refractivity contribution < 1.29 is 0 Å². The molecule has 0 unspecified atom stereocenters. The maximum Gasteiger partial charge on any atom is 0.111 e. The molecule has 1 saturated heterocycles. The molecule has 1 aliphatic rings. The van der Waals surface area contributed by atoms with Crippen LogP contribution in [0, 0.1) is 12.8 Å². The van der Waals surface area contributed by atoms with Gasteiger partial charge >= 0.3 is 0 Å². The minimum absolute atomic E-state index is 0.769. The van der Waals surface area contributed by atoms with Crippen molar-refractivity contribution in [1.82, 2.24) is 20.5 Å². The van der Waals surface area contributed by atoms with Crippen LogP contribution < -0.4 is 5.32 Å². The van der Waals surface area contributed by atoms with Crippen molar-refractivity contribution in [3.8, 4) is 11.4 Å². The molecule has 2 N–H and O–H groups in total. The maximum atomic E-state index is 4.50. The highest BCUT2D eigenvalue weighted by Crippen LogP contribution is 2.18. The lowest BCUT2D eigenvalue weighted by molar-refractivity contribution is 0.579. The highest BCUT2D eigenvalue weighted by atomic mass is 15.1. The zero-order valence-corrected chi connectivity index (χ0v) is 10.6. The summed E-state index contributed by atoms with van der Waals surface area (Å²) in [5, 5.41) is 10.6. The Morgan fingerprint density at radius 3 is 2.89 bits per heavy atom. The Morgan fingerprint density at radius 2 is 2.28 bits per heavy atom. The van der Waals surface area contributed by atoms with Gasteiger partial charge in [-0.2, -0.15) is 5.10 Å². The Bertz CT molecular complexity index is 509. The second-order valence-corrected chi connectivity index (χ2v) is 5.05. The monoisotopic (exact) mass is 242 g/mol. The van der Waals surface area contributed by atoms with Crippen LogP contribution in [0.2, 0.25) is 0 Å². The van der Waals surface area contributed by atoms with Crippen LogP contribution in [-0.4, -0.2) is 28.3 Å². The topological polar surface area (TPSA) is 53.6 Å². The lowest BCUT2D eigenvalue weighted by Gasteiger charge is -2.07. The van der Waals surface area contributed by atoms with Crippen LogP contribution >= 0.6 is 0 Å². The van der Waals surface area contributed by atoms with Gasteiger partial charge in [0.1, 0.15) is 5.69 Å². The molecule has 4 heteroatoms. The van der Waals surface area contributed by atoms with Crippen LogP contribution in [0.3, 0.4) is 0 Å². The Hall–Kier alpha value is -1.68. The van der Waals surface area contributed by atoms with Gasteiger partial charge in [0.2, 0.25) is 0 Å². The van der Waals surface area contributed by atoms with E-state index in [0.717, 1.165) is 42.5 Å². The van der Waals surface area contributed by atoms with Gasteiger partial charge in [0.15, 0.2) is 0 Å². The second kappa shape index (κ2) is 4.90. The standard InChI is InChI=1S/C14H18N4/c1-10-6-14(18-17-10)13-3-2-11(9-16-13)7-12-4-5-15-8-12/h2-3,6,9,12,15H,4-5,7-8H2,1H3,(H,17,18)/t12-/m0/s1. The van der Waals surface area contributed by atoms with E-state index in [1.165, 1.54) is 12.0 Å². The number of hydrogen-bond donors (Lipinski definition) is 2. The third-order valence-electron chi connectivity index (χ3n) is 3.48. The van der Waals surface area contributed by atoms with Crippen LogP contribution in [0.5, 0.6) is 0 Å². The largest absolute Gasteiger partial charge is 0.316 e. The van der Waals surface area contributed by atoms with Crippen molar-refractivity contribution >= 4 is 0 Å². The van der Waals surface area contributed by atoms with E-state index in [1.54, 1.807) is 0 Å². The lowest BCUT2D eigenvalue weighted by Crippen LogP contribution is -2.10. The second-order valence-electron chi connectivity index (χ2n) is 5.05. The summed E-state index contributed by atoms with van der Waals surface area (Å²) in [5.74, 6) is 0.769. The first-order valence-corrected chi connectivity index (χ1v) is 6.49. The number of rotatable bonds is 3. The van der Waals surface area contributed by atoms with Gasteiger partial charge in [-0.05, 0) is 56.5 Å². The molecule has 3 rings (SSSR count). The fraction of sp³-hybridized carbons (Fsp3) is 0.429. The number of nitrogens with zero attached hydrogens (tertiary/aromatic N) is 2. The normalized spacial score (nSPS) is 19.3. The number of H-pyrrole nitrogens is 1. The summed E-state index contributed by atoms with van der Waals surface area (Å²) in [7, 11) is 0. The lowest BCUT2D eigenvalue weighted by atomic mass is 10.00. The van der Waals surface area contributed by atoms with E-state index in [9.17, 15) is 0 Å². The van der Waals surface area contributed by atoms with Gasteiger partial charge in [0, 0.05) is 11.9 Å². The molecule has 0 saturated carbocycles. The number of aryl methyl sites for hydroxylation is 1. The minimum atomic E-state index is 0.769. The highest BCUT2D eigenvalue weighted by molar-refractivity contribution is 5.54. The number of pyridine rings is 1. The molecule has 2 aromatic heterocycles. The molecule has 0 aliphatic carbocycles. The van der Waals surface area contributed by atoms with E-state index < -0.39 is 0 Å². The molecule has 1 fully saturated rings. The van der Waals surface area contributed by atoms with E-state index >= 15 is 0 Å². The molecular formula is C14H18N4. The third-order valence-corrected chi connectivity index (χ3v) is 3.48. The Morgan fingerprint density at radius 1 is 1.33 bits per heavy atom. The molecule has 0 aromatic carbocycles. The summed E-state index contributed by atoms with van der Waals surface area (Å²) in [6, 6.07) is 6.25. The fourth-order valence-electron chi connectivity index (χ4n) is 2.47. The molecule has 0 radical (unpaired) electrons. The number of hydrogen-bond acceptors (Lipinski definition) is 3. The highest BCUT2D eigenvalue weighted by Gasteiger charge is 2.15. The van der Waals surface area contributed by atoms with E-state index in [2.05, 4.69) is 32.6 Å². The Kier molecular flexibility index (Phi) is 3.11. The quantitative estimate of drug-likeness (QED) is 0.864. The number of aromatic nitrogens is 3. The van der Waals surface area contributed by atoms with E-state index in [4.69, 9.17) is 0 Å². The van der Waals surface area contributed by atoms with E-state index in [-0.39, 0.29) is 0 Å². The van der Waals surface area contributed by atoms with E-state index in [0.29, 0.717) is 0 Å². The first kappa shape index (κ1) is 11.4. The predicted molar refractivity (Wildman–Crippen MR) is 71.2 cm³/mol. The molecule has 94 valence electrons. The predicted octanol–water partition coefficient (Wildman–Crippen LogP) is 1.93. The van der Waals surface area contributed by atoms with Crippen molar-refractivity contribution in [1.29, 1.82) is 0 Å². The van der Waals surface area contributed by atoms with Crippen molar-refractivity contribution in [3.05, 3.63) is 35.7 Å². The molecule has 0 amide bonds. The van der Waals surface area contributed by atoms with Crippen molar-refractivity contribution in [2.24, 2.45) is 5.92 Å². The third kappa shape index (κ3) is 2.43. The molecule has 0 bridgehead atoms. The molecule has 2 aromatic rings. The first-order chi connectivity index (χ1) is 8.81. The Balaban J connectivity index is 1.72. The molecule has 1 atom stereocenters. The van der Waals surface area contributed by atoms with Crippen LogP contribution in [-0.2, 0) is 6.42 Å². The average molecular weight is 242 g/mol. The molecule has 1 aliphatic heterocycles. The van der Waals surface area contributed by atoms with E-state index in [1.807, 2.05) is 19.2 Å². The summed E-state index contributed by atoms with van der Waals surface area (Å²) in [6.45, 7) is 4.29. The van der Waals surface area contributed by atoms with Crippen LogP contribution in [0.15, 0.2) is 24.4 Å². The SMILES string of the molecule is Cc1cc(-c2ccc(C[C@@H]3CCNC3)cn2)n[nH]1. The summed E-state index contributed by atoms with van der Waals surface area (Å²) < 4.78 is 0. The average Bonchev–Trinajstić information content (AvgIpc) is 3.02. The first-order valence-electron chi connectivity index (χ1n) is 6.49. The summed E-state index contributed by atoms with van der Waals surface area (Å²) in [5.41, 5.74) is 4.24. The van der Waals surface area contributed by atoms with Gasteiger partial charge in [0.05, 0.1) is 5.69 Å². The molecule has 18 heavy (non-hydrogen) atoms. The van der Waals surface area contributed by atoms with Gasteiger partial charge in [0.25, 0.3) is 0 Å². The van der Waals surface area contributed by atoms with Crippen LogP contribution in [0.1, 0.15) is 17.7 Å². The van der Waals surface area contributed by atoms with Gasteiger partial charge < -0.3 is 5.32 Å². The van der Waals surface area contributed by atoms with Gasteiger partial charge in [-0.25, -0.2) is 0 Å². The minimum Gasteiger partial charge on any atom is -0.316 e. The molecular weight excluding hydrogens is 224 g/mol. The number of aromatic amines is 1. The zero-order chi connectivity index (χ0) is 12.4. The van der Waals surface area contributed by atoms with Crippen molar-refractivity contribution in [2.45, 2.75) is 19.8 Å². The van der Waals surface area contributed by atoms with Gasteiger partial charge in [-0.15, -0.1) is 0 Å². The van der Waals surface area contributed by atoms with Gasteiger partial charge in [-0.3, -0.25) is 10.1 Å². The van der Waals surface area contributed by atoms with Crippen molar-refractivity contribution in [3.63, 3.8) is 0 Å². The summed E-state index contributed by atoms with van der Waals surface area (Å²) >= 11 is 0. The molecule has 0 spiro atoms. The number of nitrogens with one attached hydrogen (secondary N) is 2. The smallest absolute Gasteiger partial charge is 0.111 e. The summed E-state index contributed by atoms with van der Waals surface area (Å²) in [4.78, 5) is 4.50. The zero-order valence-electron chi connectivity index (χ0n) is 10.6. The summed E-state index contributed by atoms with van der Waals surface area (Å²) in [6.07, 6.45) is 4.39. The van der Waals surface area contributed by atoms with Crippen LogP contribution in [0.25, 0.3) is 11.4 Å².